The van der Waals surface area contributed by atoms with Gasteiger partial charge >= 0.3 is 11.5 Å². The van der Waals surface area contributed by atoms with E-state index in [4.69, 9.17) is 4.74 Å². The zero-order valence-corrected chi connectivity index (χ0v) is 11.1. The molecule has 1 aromatic heterocycles. The number of nitro groups is 2. The first-order chi connectivity index (χ1) is 10.0. The maximum absolute atomic E-state index is 10.8. The Bertz CT molecular complexity index is 682. The van der Waals surface area contributed by atoms with Crippen LogP contribution in [0.1, 0.15) is 5.82 Å². The van der Waals surface area contributed by atoms with Crippen LogP contribution in [0.5, 0.6) is 5.75 Å². The van der Waals surface area contributed by atoms with Gasteiger partial charge in [-0.05, 0) is 11.0 Å². The van der Waals surface area contributed by atoms with E-state index in [0.29, 0.717) is 5.82 Å². The van der Waals surface area contributed by atoms with Crippen molar-refractivity contribution in [2.24, 2.45) is 0 Å². The number of para-hydroxylation sites is 2. The molecule has 0 aliphatic carbocycles. The number of aryl methyl sites for hydroxylation is 1. The minimum Gasteiger partial charge on any atom is -0.483 e. The van der Waals surface area contributed by atoms with Gasteiger partial charge < -0.3 is 14.9 Å². The van der Waals surface area contributed by atoms with Crippen LogP contribution in [0.4, 0.5) is 11.5 Å². The summed E-state index contributed by atoms with van der Waals surface area (Å²) < 4.78 is 6.73. The average molecular weight is 292 g/mol. The normalized spacial score (nSPS) is 10.3. The molecule has 110 valence electrons. The third-order valence-corrected chi connectivity index (χ3v) is 2.86. The first kappa shape index (κ1) is 14.4. The molecule has 1 heterocycles. The molecule has 2 rings (SSSR count). The van der Waals surface area contributed by atoms with E-state index in [2.05, 4.69) is 4.98 Å². The van der Waals surface area contributed by atoms with Gasteiger partial charge in [0.05, 0.1) is 4.92 Å². The molecule has 9 nitrogen and oxygen atoms in total. The van der Waals surface area contributed by atoms with Crippen molar-refractivity contribution in [2.75, 3.05) is 6.61 Å². The molecule has 0 unspecified atom stereocenters. The van der Waals surface area contributed by atoms with Gasteiger partial charge in [-0.3, -0.25) is 10.1 Å². The first-order valence-corrected chi connectivity index (χ1v) is 6.03. The topological polar surface area (TPSA) is 113 Å². The van der Waals surface area contributed by atoms with Crippen molar-refractivity contribution >= 4 is 11.5 Å². The highest BCUT2D eigenvalue weighted by Crippen LogP contribution is 2.25. The lowest BCUT2D eigenvalue weighted by Crippen LogP contribution is -2.12. The zero-order valence-electron chi connectivity index (χ0n) is 11.1. The van der Waals surface area contributed by atoms with E-state index in [1.807, 2.05) is 0 Å². The molecule has 0 atom stereocenters. The van der Waals surface area contributed by atoms with E-state index in [1.165, 1.54) is 29.0 Å². The average Bonchev–Trinajstić information content (AvgIpc) is 2.81. The van der Waals surface area contributed by atoms with E-state index in [0.717, 1.165) is 0 Å². The van der Waals surface area contributed by atoms with E-state index < -0.39 is 9.85 Å². The van der Waals surface area contributed by atoms with Gasteiger partial charge in [0, 0.05) is 13.0 Å². The van der Waals surface area contributed by atoms with E-state index in [9.17, 15) is 20.2 Å². The molecule has 0 aliphatic heterocycles. The number of nitrogens with zero attached hydrogens (tertiary/aromatic N) is 4. The highest BCUT2D eigenvalue weighted by Gasteiger charge is 2.18. The van der Waals surface area contributed by atoms with Crippen LogP contribution in [-0.4, -0.2) is 26.0 Å². The van der Waals surface area contributed by atoms with Gasteiger partial charge in [-0.1, -0.05) is 12.1 Å². The summed E-state index contributed by atoms with van der Waals surface area (Å²) in [5.74, 6) is 0.467. The van der Waals surface area contributed by atoms with Crippen LogP contribution < -0.4 is 4.74 Å². The van der Waals surface area contributed by atoms with Crippen molar-refractivity contribution in [1.29, 1.82) is 0 Å². The molecular weight excluding hydrogens is 280 g/mol. The van der Waals surface area contributed by atoms with Crippen LogP contribution in [0.3, 0.4) is 0 Å². The molecular formula is C12H12N4O5. The summed E-state index contributed by atoms with van der Waals surface area (Å²) in [6.45, 7) is 1.87. The Labute approximate surface area is 119 Å². The van der Waals surface area contributed by atoms with Gasteiger partial charge in [-0.2, -0.15) is 0 Å². The quantitative estimate of drug-likeness (QED) is 0.595. The Morgan fingerprint density at radius 1 is 1.24 bits per heavy atom. The second-order valence-electron chi connectivity index (χ2n) is 4.15. The number of nitro benzene ring substituents is 1. The lowest BCUT2D eigenvalue weighted by atomic mass is 10.3. The molecule has 0 spiro atoms. The highest BCUT2D eigenvalue weighted by atomic mass is 16.6. The molecule has 1 aromatic carbocycles. The Morgan fingerprint density at radius 2 is 1.95 bits per heavy atom. The molecule has 0 N–H and O–H groups in total. The predicted molar refractivity (Wildman–Crippen MR) is 72.2 cm³/mol. The van der Waals surface area contributed by atoms with Crippen LogP contribution in [0.2, 0.25) is 0 Å². The summed E-state index contributed by atoms with van der Waals surface area (Å²) >= 11 is 0. The lowest BCUT2D eigenvalue weighted by molar-refractivity contribution is -0.392. The van der Waals surface area contributed by atoms with Gasteiger partial charge in [0.2, 0.25) is 0 Å². The molecule has 0 amide bonds. The minimum atomic E-state index is -0.541. The standard InChI is InChI=1S/C12H12N4O5/c1-9-13-8-12(16(19)20)14(9)6-7-21-11-5-3-2-4-10(11)15(17)18/h2-5,8H,6-7H2,1H3. The summed E-state index contributed by atoms with van der Waals surface area (Å²) in [6.07, 6.45) is 1.17. The van der Waals surface area contributed by atoms with E-state index in [1.54, 1.807) is 13.0 Å². The fourth-order valence-corrected chi connectivity index (χ4v) is 1.86. The molecule has 21 heavy (non-hydrogen) atoms. The van der Waals surface area contributed by atoms with Crippen LogP contribution in [0.15, 0.2) is 30.5 Å². The van der Waals surface area contributed by atoms with E-state index in [-0.39, 0.29) is 30.4 Å². The maximum atomic E-state index is 10.8. The number of benzene rings is 1. The van der Waals surface area contributed by atoms with Crippen molar-refractivity contribution in [1.82, 2.24) is 9.55 Å². The Hall–Kier alpha value is -2.97. The summed E-state index contributed by atoms with van der Waals surface area (Å²) in [5.41, 5.74) is -0.144. The number of rotatable bonds is 6. The third-order valence-electron chi connectivity index (χ3n) is 2.86. The summed E-state index contributed by atoms with van der Waals surface area (Å²) in [6, 6.07) is 5.97. The van der Waals surface area contributed by atoms with E-state index >= 15 is 0 Å². The minimum absolute atomic E-state index is 0.0584. The van der Waals surface area contributed by atoms with Crippen LogP contribution in [0, 0.1) is 27.2 Å². The fourth-order valence-electron chi connectivity index (χ4n) is 1.86. The van der Waals surface area contributed by atoms with Crippen molar-refractivity contribution in [3.05, 3.63) is 56.5 Å². The molecule has 2 aromatic rings. The van der Waals surface area contributed by atoms with Crippen LogP contribution >= 0.6 is 0 Å². The predicted octanol–water partition coefficient (Wildman–Crippen LogP) is 2.09. The second kappa shape index (κ2) is 5.99. The highest BCUT2D eigenvalue weighted by molar-refractivity contribution is 5.45. The SMILES string of the molecule is Cc1ncc([N+](=O)[O-])n1CCOc1ccccc1[N+](=O)[O-]. The van der Waals surface area contributed by atoms with Gasteiger partial charge in [0.25, 0.3) is 0 Å². The maximum Gasteiger partial charge on any atom is 0.342 e. The molecule has 0 radical (unpaired) electrons. The van der Waals surface area contributed by atoms with Crippen molar-refractivity contribution in [3.63, 3.8) is 0 Å². The van der Waals surface area contributed by atoms with Gasteiger partial charge in [0.1, 0.15) is 19.3 Å². The van der Waals surface area contributed by atoms with Gasteiger partial charge in [0.15, 0.2) is 11.6 Å². The first-order valence-electron chi connectivity index (χ1n) is 6.03. The van der Waals surface area contributed by atoms with Crippen molar-refractivity contribution in [2.45, 2.75) is 13.5 Å². The summed E-state index contributed by atoms with van der Waals surface area (Å²) in [5, 5.41) is 21.7. The summed E-state index contributed by atoms with van der Waals surface area (Å²) in [4.78, 5) is 24.4. The second-order valence-corrected chi connectivity index (χ2v) is 4.15. The monoisotopic (exact) mass is 292 g/mol. The molecule has 0 saturated carbocycles. The van der Waals surface area contributed by atoms with Gasteiger partial charge in [-0.25, -0.2) is 9.55 Å². The molecule has 0 aliphatic rings. The Balaban J connectivity index is 2.07. The molecule has 0 saturated heterocycles. The van der Waals surface area contributed by atoms with Crippen LogP contribution in [0.25, 0.3) is 0 Å². The number of aromatic nitrogens is 2. The molecule has 0 fully saturated rings. The Kier molecular flexibility index (Phi) is 4.12. The van der Waals surface area contributed by atoms with Crippen LogP contribution in [-0.2, 0) is 6.54 Å². The number of hydrogen-bond acceptors (Lipinski definition) is 6. The number of hydrogen-bond donors (Lipinski definition) is 0. The number of imidazole rings is 1. The van der Waals surface area contributed by atoms with Crippen molar-refractivity contribution < 1.29 is 14.6 Å². The largest absolute Gasteiger partial charge is 0.483 e. The van der Waals surface area contributed by atoms with Crippen molar-refractivity contribution in [3.8, 4) is 5.75 Å². The number of ether oxygens (including phenoxy) is 1. The zero-order chi connectivity index (χ0) is 15.4. The third kappa shape index (κ3) is 3.14. The van der Waals surface area contributed by atoms with Gasteiger partial charge in [-0.15, -0.1) is 0 Å². The smallest absolute Gasteiger partial charge is 0.342 e. The Morgan fingerprint density at radius 3 is 2.62 bits per heavy atom. The fraction of sp³-hybridized carbons (Fsp3) is 0.250. The lowest BCUT2D eigenvalue weighted by Gasteiger charge is -2.06. The summed E-state index contributed by atoms with van der Waals surface area (Å²) in [7, 11) is 0. The molecule has 0 bridgehead atoms. The molecule has 9 heteroatoms.